The average Bonchev–Trinajstić information content (AvgIpc) is 2.25. The highest BCUT2D eigenvalue weighted by atomic mass is 32.2. The normalized spacial score (nSPS) is 12.4. The van der Waals surface area contributed by atoms with Gasteiger partial charge in [0, 0.05) is 6.26 Å². The van der Waals surface area contributed by atoms with E-state index in [0.29, 0.717) is 22.4 Å². The van der Waals surface area contributed by atoms with Gasteiger partial charge in [-0.15, -0.1) is 0 Å². The molecular weight excluding hydrogens is 302 g/mol. The van der Waals surface area contributed by atoms with Gasteiger partial charge in [-0.1, -0.05) is 0 Å². The molecule has 0 saturated heterocycles. The van der Waals surface area contributed by atoms with Gasteiger partial charge in [0.25, 0.3) is 0 Å². The predicted molar refractivity (Wildman–Crippen MR) is 77.2 cm³/mol. The first-order valence-electron chi connectivity index (χ1n) is 5.87. The van der Waals surface area contributed by atoms with Crippen LogP contribution in [0.1, 0.15) is 16.7 Å². The molecule has 2 N–H and O–H groups in total. The maximum Gasteiger partial charge on any atom is 0.238 e. The van der Waals surface area contributed by atoms with Gasteiger partial charge < -0.3 is 4.74 Å². The highest BCUT2D eigenvalue weighted by Crippen LogP contribution is 2.30. The van der Waals surface area contributed by atoms with Gasteiger partial charge in [0.1, 0.15) is 12.4 Å². The summed E-state index contributed by atoms with van der Waals surface area (Å²) in [4.78, 5) is 0.0583. The Morgan fingerprint density at radius 1 is 1.10 bits per heavy atom. The van der Waals surface area contributed by atoms with Crippen molar-refractivity contribution in [3.8, 4) is 5.75 Å². The second-order valence-electron chi connectivity index (χ2n) is 4.79. The maximum atomic E-state index is 11.5. The van der Waals surface area contributed by atoms with Gasteiger partial charge >= 0.3 is 0 Å². The highest BCUT2D eigenvalue weighted by molar-refractivity contribution is 7.90. The molecule has 0 heterocycles. The quantitative estimate of drug-likeness (QED) is 0.859. The summed E-state index contributed by atoms with van der Waals surface area (Å²) in [5.41, 5.74) is 1.75. The molecule has 1 aromatic carbocycles. The van der Waals surface area contributed by atoms with Crippen molar-refractivity contribution >= 4 is 19.9 Å². The summed E-state index contributed by atoms with van der Waals surface area (Å²) in [6.45, 7) is 5.07. The fourth-order valence-corrected chi connectivity index (χ4v) is 3.14. The van der Waals surface area contributed by atoms with Gasteiger partial charge in [0.15, 0.2) is 9.84 Å². The van der Waals surface area contributed by atoms with Crippen LogP contribution in [0.25, 0.3) is 0 Å². The Balaban J connectivity index is 3.15. The number of aryl methyl sites for hydroxylation is 1. The van der Waals surface area contributed by atoms with Crippen LogP contribution in [0.5, 0.6) is 5.75 Å². The molecule has 0 amide bonds. The number of hydrogen-bond donors (Lipinski definition) is 1. The molecule has 1 rings (SSSR count). The average molecular weight is 321 g/mol. The second-order valence-corrected chi connectivity index (χ2v) is 8.58. The Morgan fingerprint density at radius 2 is 1.65 bits per heavy atom. The first-order chi connectivity index (χ1) is 8.93. The van der Waals surface area contributed by atoms with Crippen molar-refractivity contribution in [3.05, 3.63) is 22.8 Å². The summed E-state index contributed by atoms with van der Waals surface area (Å²) in [6.07, 6.45) is 1.13. The minimum atomic E-state index is -3.79. The largest absolute Gasteiger partial charge is 0.492 e. The fourth-order valence-electron chi connectivity index (χ4n) is 1.83. The Morgan fingerprint density at radius 3 is 2.10 bits per heavy atom. The molecule has 20 heavy (non-hydrogen) atoms. The molecule has 1 aromatic rings. The zero-order chi connectivity index (χ0) is 15.7. The molecular formula is C12H19NO5S2. The Bertz CT molecular complexity index is 721. The van der Waals surface area contributed by atoms with E-state index in [1.165, 1.54) is 6.07 Å². The highest BCUT2D eigenvalue weighted by Gasteiger charge is 2.18. The number of sulfonamides is 1. The Hall–Kier alpha value is -1.12. The molecule has 0 aliphatic carbocycles. The molecule has 0 spiro atoms. The standard InChI is InChI=1S/C12H19NO5S2/c1-8-7-11(20(13,16)17)9(2)10(3)12(8)18-5-6-19(4,14)15/h7H,5-6H2,1-4H3,(H2,13,16,17). The van der Waals surface area contributed by atoms with E-state index < -0.39 is 19.9 Å². The lowest BCUT2D eigenvalue weighted by atomic mass is 10.1. The number of sulfone groups is 1. The van der Waals surface area contributed by atoms with Crippen molar-refractivity contribution in [1.82, 2.24) is 0 Å². The van der Waals surface area contributed by atoms with Crippen LogP contribution in [0.15, 0.2) is 11.0 Å². The number of primary sulfonamides is 1. The smallest absolute Gasteiger partial charge is 0.238 e. The van der Waals surface area contributed by atoms with Gasteiger partial charge in [-0.05, 0) is 43.5 Å². The van der Waals surface area contributed by atoms with Crippen LogP contribution in [0.4, 0.5) is 0 Å². The van der Waals surface area contributed by atoms with Crippen molar-refractivity contribution in [2.45, 2.75) is 25.7 Å². The topological polar surface area (TPSA) is 104 Å². The monoisotopic (exact) mass is 321 g/mol. The van der Waals surface area contributed by atoms with Gasteiger partial charge in [-0.25, -0.2) is 22.0 Å². The number of ether oxygens (including phenoxy) is 1. The molecule has 0 aliphatic rings. The van der Waals surface area contributed by atoms with Crippen LogP contribution in [-0.2, 0) is 19.9 Å². The van der Waals surface area contributed by atoms with E-state index in [1.807, 2.05) is 0 Å². The van der Waals surface area contributed by atoms with E-state index in [2.05, 4.69) is 0 Å². The molecule has 0 bridgehead atoms. The van der Waals surface area contributed by atoms with Gasteiger partial charge in [0.2, 0.25) is 10.0 Å². The molecule has 114 valence electrons. The van der Waals surface area contributed by atoms with E-state index in [4.69, 9.17) is 9.88 Å². The third-order valence-corrected chi connectivity index (χ3v) is 4.93. The molecule has 0 aromatic heterocycles. The molecule has 0 aliphatic heterocycles. The summed E-state index contributed by atoms with van der Waals surface area (Å²) in [7, 11) is -6.89. The lowest BCUT2D eigenvalue weighted by Crippen LogP contribution is -2.16. The second kappa shape index (κ2) is 5.71. The molecule has 0 unspecified atom stereocenters. The molecule has 0 saturated carbocycles. The lowest BCUT2D eigenvalue weighted by molar-refractivity contribution is 0.335. The summed E-state index contributed by atoms with van der Waals surface area (Å²) < 4.78 is 50.6. The van der Waals surface area contributed by atoms with E-state index in [-0.39, 0.29) is 17.3 Å². The van der Waals surface area contributed by atoms with Crippen molar-refractivity contribution < 1.29 is 21.6 Å². The summed E-state index contributed by atoms with van der Waals surface area (Å²) >= 11 is 0. The van der Waals surface area contributed by atoms with E-state index in [9.17, 15) is 16.8 Å². The van der Waals surface area contributed by atoms with Crippen LogP contribution in [-0.4, -0.2) is 35.5 Å². The minimum absolute atomic E-state index is 0.0225. The maximum absolute atomic E-state index is 11.5. The summed E-state index contributed by atoms with van der Waals surface area (Å²) in [5, 5.41) is 5.15. The number of hydrogen-bond acceptors (Lipinski definition) is 5. The first kappa shape index (κ1) is 16.9. The number of rotatable bonds is 5. The van der Waals surface area contributed by atoms with E-state index in [1.54, 1.807) is 20.8 Å². The predicted octanol–water partition coefficient (Wildman–Crippen LogP) is 0.683. The molecule has 0 atom stereocenters. The van der Waals surface area contributed by atoms with Crippen molar-refractivity contribution in [1.29, 1.82) is 0 Å². The van der Waals surface area contributed by atoms with Crippen LogP contribution in [0.3, 0.4) is 0 Å². The van der Waals surface area contributed by atoms with Crippen LogP contribution >= 0.6 is 0 Å². The Kier molecular flexibility index (Phi) is 4.83. The van der Waals surface area contributed by atoms with Crippen molar-refractivity contribution in [2.24, 2.45) is 5.14 Å². The minimum Gasteiger partial charge on any atom is -0.492 e. The van der Waals surface area contributed by atoms with Crippen molar-refractivity contribution in [2.75, 3.05) is 18.6 Å². The Labute approximate surface area is 119 Å². The summed E-state index contributed by atoms with van der Waals surface area (Å²) in [6, 6.07) is 1.44. The third kappa shape index (κ3) is 4.19. The molecule has 0 fully saturated rings. The van der Waals surface area contributed by atoms with Gasteiger partial charge in [-0.2, -0.15) is 0 Å². The fraction of sp³-hybridized carbons (Fsp3) is 0.500. The van der Waals surface area contributed by atoms with E-state index >= 15 is 0 Å². The SMILES string of the molecule is Cc1cc(S(N)(=O)=O)c(C)c(C)c1OCCS(C)(=O)=O. The first-order valence-corrected chi connectivity index (χ1v) is 9.48. The molecule has 0 radical (unpaired) electrons. The van der Waals surface area contributed by atoms with Crippen molar-refractivity contribution in [3.63, 3.8) is 0 Å². The lowest BCUT2D eigenvalue weighted by Gasteiger charge is -2.16. The number of nitrogens with two attached hydrogens (primary N) is 1. The zero-order valence-corrected chi connectivity index (χ0v) is 13.6. The van der Waals surface area contributed by atoms with E-state index in [0.717, 1.165) is 6.26 Å². The van der Waals surface area contributed by atoms with Gasteiger partial charge in [0.05, 0.1) is 10.6 Å². The molecule has 6 nitrogen and oxygen atoms in total. The summed E-state index contributed by atoms with van der Waals surface area (Å²) in [5.74, 6) is 0.403. The van der Waals surface area contributed by atoms with Gasteiger partial charge in [-0.3, -0.25) is 0 Å². The number of benzene rings is 1. The zero-order valence-electron chi connectivity index (χ0n) is 11.9. The van der Waals surface area contributed by atoms with Crippen LogP contribution in [0, 0.1) is 20.8 Å². The van der Waals surface area contributed by atoms with Crippen LogP contribution in [0.2, 0.25) is 0 Å². The molecule has 8 heteroatoms. The van der Waals surface area contributed by atoms with Crippen LogP contribution < -0.4 is 9.88 Å². The third-order valence-electron chi connectivity index (χ3n) is 2.99.